The Labute approximate surface area is 282 Å². The molecule has 0 saturated heterocycles. The highest BCUT2D eigenvalue weighted by Gasteiger charge is 2.30. The summed E-state index contributed by atoms with van der Waals surface area (Å²) in [5.41, 5.74) is 0. The number of ether oxygens (including phenoxy) is 1. The lowest BCUT2D eigenvalue weighted by atomic mass is 10.1. The van der Waals surface area contributed by atoms with Gasteiger partial charge in [-0.15, -0.1) is 0 Å². The van der Waals surface area contributed by atoms with Crippen molar-refractivity contribution in [2.45, 2.75) is 92.2 Å². The Bertz CT molecular complexity index is 565. The van der Waals surface area contributed by atoms with Gasteiger partial charge in [-0.25, -0.2) is 0 Å². The second-order valence-electron chi connectivity index (χ2n) is 9.86. The first-order valence-corrected chi connectivity index (χ1v) is 21.0. The van der Waals surface area contributed by atoms with Crippen LogP contribution in [0.4, 0.5) is 0 Å². The number of hydrogen-bond acceptors (Lipinski definition) is 10. The average Bonchev–Trinajstić information content (AvgIpc) is 2.92. The van der Waals surface area contributed by atoms with Crippen molar-refractivity contribution in [3.63, 3.8) is 0 Å². The lowest BCUT2D eigenvalue weighted by Gasteiger charge is -2.19. The van der Waals surface area contributed by atoms with Crippen LogP contribution < -0.4 is 0 Å². The summed E-state index contributed by atoms with van der Waals surface area (Å²) in [6, 6.07) is 0. The maximum atomic E-state index is 10.6. The van der Waals surface area contributed by atoms with Gasteiger partial charge >= 0.3 is 0 Å². The van der Waals surface area contributed by atoms with Gasteiger partial charge in [-0.3, -0.25) is 4.55 Å². The molecule has 1 N–H and O–H groups in total. The maximum absolute atomic E-state index is 10.6. The summed E-state index contributed by atoms with van der Waals surface area (Å²) in [5.74, 6) is 8.02. The monoisotopic (exact) mass is 700 g/mol. The van der Waals surface area contributed by atoms with Crippen LogP contribution in [-0.4, -0.2) is 120 Å². The van der Waals surface area contributed by atoms with Crippen molar-refractivity contribution in [2.24, 2.45) is 0 Å². The molecule has 0 aromatic heterocycles. The quantitative estimate of drug-likeness (QED) is 0.0495. The van der Waals surface area contributed by atoms with E-state index in [-0.39, 0.29) is 0 Å². The molecule has 0 aromatic rings. The molecule has 0 heterocycles. The second kappa shape index (κ2) is 37.7. The van der Waals surface area contributed by atoms with Crippen LogP contribution in [0.15, 0.2) is 0 Å². The molecule has 254 valence electrons. The Hall–Kier alpha value is 1.54. The lowest BCUT2D eigenvalue weighted by Crippen LogP contribution is -2.30. The van der Waals surface area contributed by atoms with Crippen LogP contribution >= 0.6 is 61.4 Å². The van der Waals surface area contributed by atoms with E-state index in [9.17, 15) is 8.42 Å². The zero-order chi connectivity index (χ0) is 32.4. The molecule has 0 fully saturated rings. The second-order valence-corrected chi connectivity index (χ2v) is 15.7. The van der Waals surface area contributed by atoms with Crippen molar-refractivity contribution >= 4 is 71.5 Å². The molecule has 0 spiro atoms. The number of hydrogen-bond donors (Lipinski definition) is 4. The van der Waals surface area contributed by atoms with Gasteiger partial charge in [-0.2, -0.15) is 69.8 Å². The standard InChI is InChI=1S/C11H25NS2.C7H17NS2.C6H14O3S.C5H12OS/c1-4-8-13-10-11-14-9-7-12(5-2)6-3;1-2-3-8(4-6-9)5-7-10;1-4-5-6(2,3)10(7,8)9;1-2-3-6-4-5-7/h4-11H2,1-3H3;9-10H,2-7H2,1H3;4-5H2,1-3H3,(H,7,8,9);7H,2-5H2,1H3. The highest BCUT2D eigenvalue weighted by atomic mass is 32.2. The molecular formula is C29H68N2O4S6. The van der Waals surface area contributed by atoms with Gasteiger partial charge < -0.3 is 14.5 Å². The highest BCUT2D eigenvalue weighted by Crippen LogP contribution is 2.20. The van der Waals surface area contributed by atoms with E-state index in [2.05, 4.69) is 106 Å². The Morgan fingerprint density at radius 1 is 0.659 bits per heavy atom. The SMILES string of the molecule is CCCC(C)(C)S(=O)(=O)O.CCCN(CCS)CCS.CCCOCCS.CCCSCCSCCN(CC)CC. The third kappa shape index (κ3) is 39.5. The molecule has 0 bridgehead atoms. The summed E-state index contributed by atoms with van der Waals surface area (Å²) in [6.07, 6.45) is 4.89. The molecule has 41 heavy (non-hydrogen) atoms. The van der Waals surface area contributed by atoms with Crippen LogP contribution in [0.25, 0.3) is 0 Å². The fraction of sp³-hybridized carbons (Fsp3) is 1.00. The van der Waals surface area contributed by atoms with Crippen molar-refractivity contribution < 1.29 is 17.7 Å². The summed E-state index contributed by atoms with van der Waals surface area (Å²) >= 11 is 16.5. The van der Waals surface area contributed by atoms with Crippen molar-refractivity contribution in [3.05, 3.63) is 0 Å². The topological polar surface area (TPSA) is 70.1 Å². The van der Waals surface area contributed by atoms with E-state index >= 15 is 0 Å². The molecule has 12 heteroatoms. The van der Waals surface area contributed by atoms with E-state index in [0.29, 0.717) is 6.42 Å². The van der Waals surface area contributed by atoms with Crippen molar-refractivity contribution in [1.82, 2.24) is 9.80 Å². The van der Waals surface area contributed by atoms with E-state index in [0.717, 1.165) is 56.4 Å². The predicted molar refractivity (Wildman–Crippen MR) is 203 cm³/mol. The number of thiol groups is 3. The van der Waals surface area contributed by atoms with Crippen molar-refractivity contribution in [2.75, 3.05) is 92.8 Å². The molecule has 0 amide bonds. The van der Waals surface area contributed by atoms with Gasteiger partial charge in [0.2, 0.25) is 0 Å². The number of thioether (sulfide) groups is 2. The Morgan fingerprint density at radius 3 is 1.54 bits per heavy atom. The molecule has 0 aliphatic rings. The summed E-state index contributed by atoms with van der Waals surface area (Å²) in [7, 11) is -3.86. The van der Waals surface area contributed by atoms with Crippen LogP contribution in [-0.2, 0) is 14.9 Å². The zero-order valence-corrected chi connectivity index (χ0v) is 32.9. The molecule has 0 aliphatic heterocycles. The first-order valence-electron chi connectivity index (χ1n) is 15.4. The van der Waals surface area contributed by atoms with E-state index in [1.807, 2.05) is 6.92 Å². The molecule has 0 radical (unpaired) electrons. The molecule has 0 saturated carbocycles. The summed E-state index contributed by atoms with van der Waals surface area (Å²) < 4.78 is 33.9. The first-order chi connectivity index (χ1) is 19.4. The Kier molecular flexibility index (Phi) is 45.5. The Morgan fingerprint density at radius 2 is 1.20 bits per heavy atom. The smallest absolute Gasteiger partial charge is 0.270 e. The molecule has 0 rings (SSSR count). The molecule has 0 aliphatic carbocycles. The van der Waals surface area contributed by atoms with Gasteiger partial charge in [-0.05, 0) is 64.9 Å². The number of nitrogens with zero attached hydrogens (tertiary/aromatic N) is 2. The summed E-state index contributed by atoms with van der Waals surface area (Å²) in [5, 5.41) is 0. The van der Waals surface area contributed by atoms with Gasteiger partial charge in [0.25, 0.3) is 10.1 Å². The molecular weight excluding hydrogens is 633 g/mol. The average molecular weight is 701 g/mol. The van der Waals surface area contributed by atoms with Crippen LogP contribution in [0, 0.1) is 0 Å². The van der Waals surface area contributed by atoms with E-state index in [4.69, 9.17) is 9.29 Å². The minimum atomic E-state index is -3.86. The first kappa shape index (κ1) is 49.4. The number of rotatable bonds is 23. The molecule has 0 atom stereocenters. The maximum Gasteiger partial charge on any atom is 0.270 e. The van der Waals surface area contributed by atoms with Gasteiger partial charge in [-0.1, -0.05) is 48.0 Å². The normalized spacial score (nSPS) is 11.4. The van der Waals surface area contributed by atoms with E-state index in [1.165, 1.54) is 75.9 Å². The third-order valence-electron chi connectivity index (χ3n) is 5.67. The van der Waals surface area contributed by atoms with Gasteiger partial charge in [0, 0.05) is 60.8 Å². The third-order valence-corrected chi connectivity index (χ3v) is 10.3. The minimum absolute atomic E-state index is 0.492. The fourth-order valence-corrected chi connectivity index (χ4v) is 6.36. The zero-order valence-electron chi connectivity index (χ0n) is 27.8. The van der Waals surface area contributed by atoms with E-state index < -0.39 is 14.9 Å². The van der Waals surface area contributed by atoms with Crippen LogP contribution in [0.5, 0.6) is 0 Å². The molecule has 0 unspecified atom stereocenters. The molecule has 0 aromatic carbocycles. The highest BCUT2D eigenvalue weighted by molar-refractivity contribution is 8.02. The lowest BCUT2D eigenvalue weighted by molar-refractivity contribution is 0.151. The van der Waals surface area contributed by atoms with Gasteiger partial charge in [0.15, 0.2) is 0 Å². The fourth-order valence-electron chi connectivity index (χ4n) is 3.18. The Balaban J connectivity index is -0.000000229. The van der Waals surface area contributed by atoms with Gasteiger partial charge in [0.05, 0.1) is 11.4 Å². The van der Waals surface area contributed by atoms with Crippen molar-refractivity contribution in [3.8, 4) is 0 Å². The minimum Gasteiger partial charge on any atom is -0.381 e. The van der Waals surface area contributed by atoms with Crippen LogP contribution in [0.2, 0.25) is 0 Å². The van der Waals surface area contributed by atoms with E-state index in [1.54, 1.807) is 0 Å². The summed E-state index contributed by atoms with van der Waals surface area (Å²) in [4.78, 5) is 4.88. The van der Waals surface area contributed by atoms with Crippen LogP contribution in [0.1, 0.15) is 87.5 Å². The summed E-state index contributed by atoms with van der Waals surface area (Å²) in [6.45, 7) is 24.6. The van der Waals surface area contributed by atoms with Gasteiger partial charge in [0.1, 0.15) is 0 Å². The van der Waals surface area contributed by atoms with Crippen LogP contribution in [0.3, 0.4) is 0 Å². The van der Waals surface area contributed by atoms with Crippen molar-refractivity contribution in [1.29, 1.82) is 0 Å². The molecule has 6 nitrogen and oxygen atoms in total. The predicted octanol–water partition coefficient (Wildman–Crippen LogP) is 7.56. The largest absolute Gasteiger partial charge is 0.381 e.